The molecule has 0 fully saturated rings. The van der Waals surface area contributed by atoms with Crippen LogP contribution in [0.3, 0.4) is 0 Å². The van der Waals surface area contributed by atoms with Crippen molar-refractivity contribution in [1.29, 1.82) is 0 Å². The molecule has 0 saturated heterocycles. The third-order valence-corrected chi connectivity index (χ3v) is 1.37. The van der Waals surface area contributed by atoms with Crippen LogP contribution in [0.2, 0.25) is 0 Å². The molecule has 1 N–H and O–H groups in total. The highest BCUT2D eigenvalue weighted by atomic mass is 16.1. The van der Waals surface area contributed by atoms with E-state index in [1.54, 1.807) is 0 Å². The number of hydrogen-bond donors (Lipinski definition) is 1. The molecule has 0 bridgehead atoms. The van der Waals surface area contributed by atoms with Crippen LogP contribution in [-0.2, 0) is 4.79 Å². The van der Waals surface area contributed by atoms with E-state index in [9.17, 15) is 4.79 Å². The average molecular weight is 137 g/mol. The number of carbonyl (C=O) groups is 1. The van der Waals surface area contributed by atoms with Crippen molar-refractivity contribution in [3.05, 3.63) is 24.3 Å². The zero-order valence-corrected chi connectivity index (χ0v) is 6.00. The summed E-state index contributed by atoms with van der Waals surface area (Å²) in [4.78, 5) is 10.5. The normalized spacial score (nSPS) is 22.7. The van der Waals surface area contributed by atoms with E-state index >= 15 is 0 Å². The van der Waals surface area contributed by atoms with E-state index in [4.69, 9.17) is 0 Å². The maximum atomic E-state index is 10.5. The molecule has 1 rings (SSSR count). The van der Waals surface area contributed by atoms with Gasteiger partial charge in [-0.2, -0.15) is 0 Å². The zero-order valence-electron chi connectivity index (χ0n) is 6.00. The van der Waals surface area contributed by atoms with Gasteiger partial charge in [0.25, 0.3) is 0 Å². The van der Waals surface area contributed by atoms with Crippen molar-refractivity contribution in [3.8, 4) is 0 Å². The van der Waals surface area contributed by atoms with Gasteiger partial charge in [-0.25, -0.2) is 0 Å². The van der Waals surface area contributed by atoms with Gasteiger partial charge in [0.15, 0.2) is 0 Å². The van der Waals surface area contributed by atoms with Crippen LogP contribution in [0.4, 0.5) is 0 Å². The van der Waals surface area contributed by atoms with E-state index in [0.717, 1.165) is 6.42 Å². The first-order valence-corrected chi connectivity index (χ1v) is 3.39. The standard InChI is InChI=1S/C8H11NO/c1-7(10)9-8-5-3-2-4-6-8/h2-5,8H,6H2,1H3,(H,9,10). The van der Waals surface area contributed by atoms with Gasteiger partial charge in [0.1, 0.15) is 0 Å². The molecule has 1 unspecified atom stereocenters. The largest absolute Gasteiger partial charge is 0.350 e. The van der Waals surface area contributed by atoms with Crippen molar-refractivity contribution in [2.45, 2.75) is 19.4 Å². The maximum Gasteiger partial charge on any atom is 0.217 e. The van der Waals surface area contributed by atoms with Gasteiger partial charge in [-0.1, -0.05) is 24.3 Å². The minimum absolute atomic E-state index is 0.0324. The number of hydrogen-bond acceptors (Lipinski definition) is 1. The fraction of sp³-hybridized carbons (Fsp3) is 0.375. The van der Waals surface area contributed by atoms with Crippen molar-refractivity contribution < 1.29 is 4.79 Å². The van der Waals surface area contributed by atoms with Crippen LogP contribution in [0.15, 0.2) is 24.3 Å². The first kappa shape index (κ1) is 7.06. The van der Waals surface area contributed by atoms with Gasteiger partial charge in [0.2, 0.25) is 5.91 Å². The number of carbonyl (C=O) groups excluding carboxylic acids is 1. The molecular formula is C8H11NO. The van der Waals surface area contributed by atoms with Gasteiger partial charge in [-0.05, 0) is 6.42 Å². The summed E-state index contributed by atoms with van der Waals surface area (Å²) >= 11 is 0. The highest BCUT2D eigenvalue weighted by Gasteiger charge is 2.04. The molecule has 0 heterocycles. The van der Waals surface area contributed by atoms with Crippen LogP contribution in [-0.4, -0.2) is 11.9 Å². The van der Waals surface area contributed by atoms with Crippen molar-refractivity contribution in [3.63, 3.8) is 0 Å². The average Bonchev–Trinajstić information content (AvgIpc) is 1.88. The Labute approximate surface area is 60.6 Å². The van der Waals surface area contributed by atoms with E-state index in [1.807, 2.05) is 24.3 Å². The highest BCUT2D eigenvalue weighted by molar-refractivity contribution is 5.73. The Balaban J connectivity index is 2.37. The van der Waals surface area contributed by atoms with Crippen molar-refractivity contribution >= 4 is 5.91 Å². The second-order valence-corrected chi connectivity index (χ2v) is 2.36. The highest BCUT2D eigenvalue weighted by Crippen LogP contribution is 2.01. The van der Waals surface area contributed by atoms with Crippen molar-refractivity contribution in [2.75, 3.05) is 0 Å². The summed E-state index contributed by atoms with van der Waals surface area (Å²) in [6.07, 6.45) is 8.88. The molecule has 1 aliphatic rings. The minimum Gasteiger partial charge on any atom is -0.350 e. The second-order valence-electron chi connectivity index (χ2n) is 2.36. The van der Waals surface area contributed by atoms with Crippen LogP contribution in [0.1, 0.15) is 13.3 Å². The smallest absolute Gasteiger partial charge is 0.217 e. The third-order valence-electron chi connectivity index (χ3n) is 1.37. The van der Waals surface area contributed by atoms with E-state index in [2.05, 4.69) is 5.32 Å². The molecule has 1 atom stereocenters. The monoisotopic (exact) mass is 137 g/mol. The predicted molar refractivity (Wildman–Crippen MR) is 40.5 cm³/mol. The molecular weight excluding hydrogens is 126 g/mol. The molecule has 54 valence electrons. The topological polar surface area (TPSA) is 29.1 Å². The molecule has 0 spiro atoms. The number of amides is 1. The SMILES string of the molecule is CC(=O)NC1C=CC=CC1. The molecule has 10 heavy (non-hydrogen) atoms. The van der Waals surface area contributed by atoms with E-state index in [1.165, 1.54) is 6.92 Å². The molecule has 0 aromatic carbocycles. The lowest BCUT2D eigenvalue weighted by Gasteiger charge is -2.12. The molecule has 0 saturated carbocycles. The van der Waals surface area contributed by atoms with Gasteiger partial charge >= 0.3 is 0 Å². The van der Waals surface area contributed by atoms with Gasteiger partial charge in [0.05, 0.1) is 6.04 Å². The quantitative estimate of drug-likeness (QED) is 0.574. The summed E-state index contributed by atoms with van der Waals surface area (Å²) in [5, 5.41) is 2.80. The summed E-state index contributed by atoms with van der Waals surface area (Å²) in [6.45, 7) is 1.53. The van der Waals surface area contributed by atoms with Gasteiger partial charge in [-0.3, -0.25) is 4.79 Å². The zero-order chi connectivity index (χ0) is 7.40. The van der Waals surface area contributed by atoms with E-state index < -0.39 is 0 Å². The molecule has 2 nitrogen and oxygen atoms in total. The Bertz CT molecular complexity index is 182. The molecule has 0 aliphatic heterocycles. The van der Waals surface area contributed by atoms with E-state index in [0.29, 0.717) is 0 Å². The van der Waals surface area contributed by atoms with Crippen LogP contribution < -0.4 is 5.32 Å². The predicted octanol–water partition coefficient (Wildman–Crippen LogP) is 1.01. The summed E-state index contributed by atoms with van der Waals surface area (Å²) in [7, 11) is 0. The second kappa shape index (κ2) is 3.20. The summed E-state index contributed by atoms with van der Waals surface area (Å²) in [5.74, 6) is 0.0324. The van der Waals surface area contributed by atoms with Crippen LogP contribution in [0.25, 0.3) is 0 Å². The molecule has 0 radical (unpaired) electrons. The Morgan fingerprint density at radius 1 is 1.60 bits per heavy atom. The van der Waals surface area contributed by atoms with Gasteiger partial charge < -0.3 is 5.32 Å². The summed E-state index contributed by atoms with van der Waals surface area (Å²) < 4.78 is 0. The van der Waals surface area contributed by atoms with Gasteiger partial charge in [0, 0.05) is 6.92 Å². The lowest BCUT2D eigenvalue weighted by Crippen LogP contribution is -2.31. The summed E-state index contributed by atoms with van der Waals surface area (Å²) in [6, 6.07) is 0.211. The first-order valence-electron chi connectivity index (χ1n) is 3.39. The molecule has 1 aliphatic carbocycles. The van der Waals surface area contributed by atoms with Gasteiger partial charge in [-0.15, -0.1) is 0 Å². The van der Waals surface area contributed by atoms with Crippen molar-refractivity contribution in [1.82, 2.24) is 5.32 Å². The number of rotatable bonds is 1. The molecule has 0 aromatic rings. The minimum atomic E-state index is 0.0324. The molecule has 1 amide bonds. The van der Waals surface area contributed by atoms with E-state index in [-0.39, 0.29) is 11.9 Å². The number of nitrogens with one attached hydrogen (secondary N) is 1. The van der Waals surface area contributed by atoms with Crippen LogP contribution in [0.5, 0.6) is 0 Å². The Kier molecular flexibility index (Phi) is 2.26. The lowest BCUT2D eigenvalue weighted by molar-refractivity contribution is -0.119. The first-order chi connectivity index (χ1) is 4.79. The fourth-order valence-electron chi connectivity index (χ4n) is 0.949. The number of allylic oxidation sites excluding steroid dienone is 2. The maximum absolute atomic E-state index is 10.5. The molecule has 2 heteroatoms. The summed E-state index contributed by atoms with van der Waals surface area (Å²) in [5.41, 5.74) is 0. The van der Waals surface area contributed by atoms with Crippen LogP contribution >= 0.6 is 0 Å². The fourth-order valence-corrected chi connectivity index (χ4v) is 0.949. The van der Waals surface area contributed by atoms with Crippen molar-refractivity contribution in [2.24, 2.45) is 0 Å². The lowest BCUT2D eigenvalue weighted by atomic mass is 10.1. The Hall–Kier alpha value is -1.05. The molecule has 0 aromatic heterocycles. The Morgan fingerprint density at radius 2 is 2.40 bits per heavy atom. The third kappa shape index (κ3) is 2.05. The van der Waals surface area contributed by atoms with Crippen LogP contribution in [0, 0.1) is 0 Å². The Morgan fingerprint density at radius 3 is 2.90 bits per heavy atom.